The van der Waals surface area contributed by atoms with Crippen LogP contribution in [0.2, 0.25) is 0 Å². The predicted octanol–water partition coefficient (Wildman–Crippen LogP) is 2.20. The molecule has 6 rings (SSSR count). The van der Waals surface area contributed by atoms with Crippen molar-refractivity contribution in [2.24, 2.45) is 0 Å². The van der Waals surface area contributed by atoms with Gasteiger partial charge in [-0.15, -0.1) is 0 Å². The minimum Gasteiger partial charge on any atom is -0.357 e. The smallest absolute Gasteiger partial charge is 0.154 e. The Kier molecular flexibility index (Phi) is 3.21. The normalized spacial score (nSPS) is 23.9. The van der Waals surface area contributed by atoms with Crippen LogP contribution in [0.3, 0.4) is 0 Å². The number of fused-ring (bicyclic) bond motifs is 4. The second kappa shape index (κ2) is 5.45. The molecule has 5 heterocycles. The maximum absolute atomic E-state index is 12.6. The number of aromatic nitrogens is 2. The van der Waals surface area contributed by atoms with E-state index in [9.17, 15) is 8.42 Å². The van der Waals surface area contributed by atoms with Crippen LogP contribution in [0.4, 0.5) is 5.82 Å². The van der Waals surface area contributed by atoms with Crippen molar-refractivity contribution < 1.29 is 8.42 Å². The highest BCUT2D eigenvalue weighted by atomic mass is 32.2. The first-order chi connectivity index (χ1) is 13.1. The second-order valence-electron chi connectivity index (χ2n) is 7.95. The topological polar surface area (TPSA) is 76.6 Å². The molecule has 2 fully saturated rings. The van der Waals surface area contributed by atoms with Gasteiger partial charge in [-0.1, -0.05) is 12.1 Å². The molecule has 2 aromatic heterocycles. The Bertz CT molecular complexity index is 1190. The first-order valence-corrected chi connectivity index (χ1v) is 11.6. The molecule has 1 N–H and O–H groups in total. The maximum atomic E-state index is 12.6. The molecule has 140 valence electrons. The van der Waals surface area contributed by atoms with Gasteiger partial charge < -0.3 is 10.2 Å². The molecule has 1 aromatic carbocycles. The van der Waals surface area contributed by atoms with Crippen LogP contribution in [0.5, 0.6) is 0 Å². The summed E-state index contributed by atoms with van der Waals surface area (Å²) in [6, 6.07) is 8.50. The molecule has 27 heavy (non-hydrogen) atoms. The van der Waals surface area contributed by atoms with Crippen LogP contribution in [0.25, 0.3) is 16.7 Å². The largest absolute Gasteiger partial charge is 0.357 e. The van der Waals surface area contributed by atoms with Gasteiger partial charge >= 0.3 is 0 Å². The van der Waals surface area contributed by atoms with E-state index in [0.29, 0.717) is 12.5 Å². The molecule has 3 aliphatic heterocycles. The minimum absolute atomic E-state index is 0.149. The third kappa shape index (κ3) is 2.34. The molecule has 0 spiro atoms. The fraction of sp³-hybridized carbons (Fsp3) is 0.450. The molecule has 3 aromatic rings. The summed E-state index contributed by atoms with van der Waals surface area (Å²) in [5.41, 5.74) is 6.52. The highest BCUT2D eigenvalue weighted by Crippen LogP contribution is 2.42. The number of hydrogen-bond acceptors (Lipinski definition) is 5. The number of anilines is 1. The third-order valence-corrected chi connectivity index (χ3v) is 7.72. The van der Waals surface area contributed by atoms with Crippen molar-refractivity contribution in [1.82, 2.24) is 14.7 Å². The highest BCUT2D eigenvalue weighted by molar-refractivity contribution is 7.90. The number of sulfone groups is 1. The molecule has 0 bridgehead atoms. The van der Waals surface area contributed by atoms with Crippen LogP contribution >= 0.6 is 0 Å². The maximum Gasteiger partial charge on any atom is 0.154 e. The van der Waals surface area contributed by atoms with E-state index in [1.165, 1.54) is 11.1 Å². The summed E-state index contributed by atoms with van der Waals surface area (Å²) in [7, 11) is -3.06. The quantitative estimate of drug-likeness (QED) is 0.688. The van der Waals surface area contributed by atoms with Crippen LogP contribution in [0.1, 0.15) is 35.6 Å². The van der Waals surface area contributed by atoms with Gasteiger partial charge in [-0.25, -0.2) is 13.4 Å². The van der Waals surface area contributed by atoms with E-state index in [2.05, 4.69) is 26.8 Å². The van der Waals surface area contributed by atoms with E-state index in [0.717, 1.165) is 60.5 Å². The lowest BCUT2D eigenvalue weighted by atomic mass is 9.97. The third-order valence-electron chi connectivity index (χ3n) is 6.16. The minimum atomic E-state index is -3.06. The lowest BCUT2D eigenvalue weighted by molar-refractivity contribution is 0.591. The van der Waals surface area contributed by atoms with Crippen molar-refractivity contribution >= 4 is 32.3 Å². The molecule has 0 aliphatic carbocycles. The van der Waals surface area contributed by atoms with E-state index >= 15 is 0 Å². The summed E-state index contributed by atoms with van der Waals surface area (Å²) in [4.78, 5) is 7.38. The summed E-state index contributed by atoms with van der Waals surface area (Å²) in [6.07, 6.45) is 2.91. The van der Waals surface area contributed by atoms with Crippen LogP contribution in [0, 0.1) is 0 Å². The lowest BCUT2D eigenvalue weighted by Gasteiger charge is -2.29. The summed E-state index contributed by atoms with van der Waals surface area (Å²) in [5.74, 6) is 1.46. The van der Waals surface area contributed by atoms with Gasteiger partial charge in [0, 0.05) is 36.8 Å². The van der Waals surface area contributed by atoms with Gasteiger partial charge in [0.05, 0.1) is 22.5 Å². The number of imidazole rings is 1. The zero-order valence-electron chi connectivity index (χ0n) is 15.1. The van der Waals surface area contributed by atoms with E-state index in [-0.39, 0.29) is 11.5 Å². The Morgan fingerprint density at radius 2 is 1.89 bits per heavy atom. The number of pyridine rings is 1. The fourth-order valence-electron chi connectivity index (χ4n) is 4.87. The van der Waals surface area contributed by atoms with E-state index in [4.69, 9.17) is 4.98 Å². The van der Waals surface area contributed by atoms with Crippen LogP contribution in [0.15, 0.2) is 24.3 Å². The standard InChI is InChI=1S/C20H22N4O2S/c25-27(26)10-7-13-14(12-27)20(23-8-3-4-9-23)24-17-6-2-1-5-15(17)22-19(24)18(13)16-11-21-16/h1-2,5-6,16,21H,3-4,7-12H2/t16-/m0/s1. The number of rotatable bonds is 2. The van der Waals surface area contributed by atoms with Gasteiger partial charge in [0.2, 0.25) is 0 Å². The average molecular weight is 382 g/mol. The molecular formula is C20H22N4O2S. The Labute approximate surface area is 158 Å². The number of benzene rings is 1. The summed E-state index contributed by atoms with van der Waals surface area (Å²) >= 11 is 0. The van der Waals surface area contributed by atoms with Gasteiger partial charge in [0.1, 0.15) is 11.5 Å². The molecule has 3 aliphatic rings. The molecule has 0 radical (unpaired) electrons. The molecule has 7 heteroatoms. The first kappa shape index (κ1) is 15.9. The Morgan fingerprint density at radius 3 is 2.67 bits per heavy atom. The van der Waals surface area contributed by atoms with Gasteiger partial charge in [-0.05, 0) is 37.0 Å². The number of para-hydroxylation sites is 2. The van der Waals surface area contributed by atoms with E-state index < -0.39 is 9.84 Å². The number of nitrogens with zero attached hydrogens (tertiary/aromatic N) is 3. The average Bonchev–Trinajstić information content (AvgIpc) is 3.20. The summed E-state index contributed by atoms with van der Waals surface area (Å²) in [6.45, 7) is 2.91. The zero-order valence-corrected chi connectivity index (χ0v) is 15.9. The summed E-state index contributed by atoms with van der Waals surface area (Å²) < 4.78 is 27.4. The molecule has 0 unspecified atom stereocenters. The van der Waals surface area contributed by atoms with Crippen LogP contribution < -0.4 is 10.2 Å². The molecule has 1 atom stereocenters. The SMILES string of the molecule is O=S1(=O)CCc2c(c(N3CCCC3)n3c(nc4ccccc43)c2[C@@H]2CN2)C1. The van der Waals surface area contributed by atoms with Crippen molar-refractivity contribution in [2.45, 2.75) is 31.1 Å². The van der Waals surface area contributed by atoms with Crippen molar-refractivity contribution in [2.75, 3.05) is 30.3 Å². The van der Waals surface area contributed by atoms with Crippen LogP contribution in [-0.4, -0.2) is 43.2 Å². The predicted molar refractivity (Wildman–Crippen MR) is 106 cm³/mol. The molecular weight excluding hydrogens is 360 g/mol. The van der Waals surface area contributed by atoms with E-state index in [1.807, 2.05) is 12.1 Å². The molecule has 0 saturated carbocycles. The van der Waals surface area contributed by atoms with Crippen molar-refractivity contribution in [3.8, 4) is 0 Å². The van der Waals surface area contributed by atoms with Crippen molar-refractivity contribution in [3.05, 3.63) is 41.0 Å². The van der Waals surface area contributed by atoms with Crippen molar-refractivity contribution in [1.29, 1.82) is 0 Å². The van der Waals surface area contributed by atoms with Gasteiger partial charge in [-0.3, -0.25) is 4.40 Å². The van der Waals surface area contributed by atoms with Gasteiger partial charge in [0.15, 0.2) is 9.84 Å². The monoisotopic (exact) mass is 382 g/mol. The van der Waals surface area contributed by atoms with Crippen molar-refractivity contribution in [3.63, 3.8) is 0 Å². The first-order valence-electron chi connectivity index (χ1n) is 9.76. The highest BCUT2D eigenvalue weighted by Gasteiger charge is 2.37. The molecule has 6 nitrogen and oxygen atoms in total. The second-order valence-corrected chi connectivity index (χ2v) is 10.1. The summed E-state index contributed by atoms with van der Waals surface area (Å²) in [5, 5.41) is 3.43. The zero-order chi connectivity index (χ0) is 18.2. The van der Waals surface area contributed by atoms with Crippen LogP contribution in [-0.2, 0) is 22.0 Å². The molecule has 2 saturated heterocycles. The van der Waals surface area contributed by atoms with E-state index in [1.54, 1.807) is 0 Å². The Morgan fingerprint density at radius 1 is 1.11 bits per heavy atom. The number of hydrogen-bond donors (Lipinski definition) is 1. The Balaban J connectivity index is 1.79. The number of nitrogens with one attached hydrogen (secondary N) is 1. The van der Waals surface area contributed by atoms with Gasteiger partial charge in [0.25, 0.3) is 0 Å². The lowest BCUT2D eigenvalue weighted by Crippen LogP contribution is -2.28. The Hall–Kier alpha value is -2.12. The molecule has 0 amide bonds. The fourth-order valence-corrected chi connectivity index (χ4v) is 6.27. The van der Waals surface area contributed by atoms with Gasteiger partial charge in [-0.2, -0.15) is 0 Å².